The van der Waals surface area contributed by atoms with Crippen LogP contribution in [-0.2, 0) is 11.2 Å². The molecule has 0 amide bonds. The summed E-state index contributed by atoms with van der Waals surface area (Å²) >= 11 is 3.65. The predicted octanol–water partition coefficient (Wildman–Crippen LogP) is 0.932. The molecule has 4 heteroatoms. The molecule has 0 aliphatic carbocycles. The van der Waals surface area contributed by atoms with Crippen molar-refractivity contribution < 1.29 is 15.0 Å². The van der Waals surface area contributed by atoms with Crippen LogP contribution in [0.25, 0.3) is 0 Å². The Morgan fingerprint density at radius 2 is 1.92 bits per heavy atom. The summed E-state index contributed by atoms with van der Waals surface area (Å²) in [5.41, 5.74) is 0.738. The van der Waals surface area contributed by atoms with Crippen LogP contribution in [0.15, 0.2) is 30.3 Å². The van der Waals surface area contributed by atoms with E-state index in [1.54, 1.807) is 24.3 Å². The molecule has 3 nitrogen and oxygen atoms in total. The molecule has 1 rings (SSSR count). The SMILES string of the molecule is O=C(O)C(O)(S)Cc1ccccc1. The molecule has 1 unspecified atom stereocenters. The molecular weight excluding hydrogens is 188 g/mol. The van der Waals surface area contributed by atoms with Gasteiger partial charge in [0.05, 0.1) is 0 Å². The molecule has 13 heavy (non-hydrogen) atoms. The highest BCUT2D eigenvalue weighted by molar-refractivity contribution is 7.82. The molecule has 0 fully saturated rings. The van der Waals surface area contributed by atoms with E-state index in [2.05, 4.69) is 12.6 Å². The summed E-state index contributed by atoms with van der Waals surface area (Å²) in [5, 5.41) is 17.9. The topological polar surface area (TPSA) is 57.5 Å². The molecule has 0 aliphatic heterocycles. The first kappa shape index (κ1) is 10.1. The third-order valence-electron chi connectivity index (χ3n) is 1.64. The third-order valence-corrected chi connectivity index (χ3v) is 1.99. The van der Waals surface area contributed by atoms with Crippen molar-refractivity contribution in [3.8, 4) is 0 Å². The van der Waals surface area contributed by atoms with E-state index in [-0.39, 0.29) is 6.42 Å². The van der Waals surface area contributed by atoms with E-state index in [1.165, 1.54) is 0 Å². The molecule has 0 saturated heterocycles. The average molecular weight is 198 g/mol. The van der Waals surface area contributed by atoms with Crippen LogP contribution in [0.3, 0.4) is 0 Å². The highest BCUT2D eigenvalue weighted by Crippen LogP contribution is 2.17. The van der Waals surface area contributed by atoms with Gasteiger partial charge in [0.15, 0.2) is 0 Å². The van der Waals surface area contributed by atoms with Crippen LogP contribution in [0.2, 0.25) is 0 Å². The molecule has 1 aromatic rings. The smallest absolute Gasteiger partial charge is 0.346 e. The Bertz CT molecular complexity index is 295. The van der Waals surface area contributed by atoms with E-state index in [9.17, 15) is 9.90 Å². The molecular formula is C9H10O3S. The number of aliphatic hydroxyl groups is 1. The molecule has 0 aromatic heterocycles. The maximum Gasteiger partial charge on any atom is 0.346 e. The molecule has 0 heterocycles. The molecule has 1 aromatic carbocycles. The van der Waals surface area contributed by atoms with Gasteiger partial charge in [0.1, 0.15) is 0 Å². The molecule has 1 atom stereocenters. The second-order valence-electron chi connectivity index (χ2n) is 2.78. The first-order valence-electron chi connectivity index (χ1n) is 3.74. The summed E-state index contributed by atoms with van der Waals surface area (Å²) in [4.78, 5) is 8.51. The first-order chi connectivity index (χ1) is 6.02. The molecule has 0 radical (unpaired) electrons. The quantitative estimate of drug-likeness (QED) is 0.500. The summed E-state index contributed by atoms with van der Waals surface area (Å²) in [6, 6.07) is 8.86. The number of carbonyl (C=O) groups is 1. The van der Waals surface area contributed by atoms with E-state index in [0.29, 0.717) is 0 Å². The van der Waals surface area contributed by atoms with Crippen LogP contribution < -0.4 is 0 Å². The van der Waals surface area contributed by atoms with Gasteiger partial charge >= 0.3 is 5.97 Å². The molecule has 0 spiro atoms. The normalized spacial score (nSPS) is 14.9. The van der Waals surface area contributed by atoms with Crippen LogP contribution in [0, 0.1) is 0 Å². The Kier molecular flexibility index (Phi) is 2.95. The van der Waals surface area contributed by atoms with E-state index in [4.69, 9.17) is 5.11 Å². The van der Waals surface area contributed by atoms with Gasteiger partial charge in [0, 0.05) is 6.42 Å². The Labute approximate surface area is 81.4 Å². The first-order valence-corrected chi connectivity index (χ1v) is 4.19. The van der Waals surface area contributed by atoms with Crippen molar-refractivity contribution in [2.24, 2.45) is 0 Å². The summed E-state index contributed by atoms with van der Waals surface area (Å²) < 4.78 is 0. The standard InChI is InChI=1S/C9H10O3S/c10-8(11)9(12,13)6-7-4-2-1-3-5-7/h1-5,12-13H,6H2,(H,10,11). The molecule has 0 aliphatic rings. The number of carboxylic acids is 1. The number of hydrogen-bond acceptors (Lipinski definition) is 3. The van der Waals surface area contributed by atoms with Gasteiger partial charge in [-0.3, -0.25) is 0 Å². The summed E-state index contributed by atoms with van der Waals surface area (Å²) in [5.74, 6) is -1.33. The predicted molar refractivity (Wildman–Crippen MR) is 51.7 cm³/mol. The van der Waals surface area contributed by atoms with E-state index < -0.39 is 10.9 Å². The average Bonchev–Trinajstić information content (AvgIpc) is 2.05. The number of benzene rings is 1. The highest BCUT2D eigenvalue weighted by Gasteiger charge is 2.31. The minimum atomic E-state index is -1.98. The zero-order valence-electron chi connectivity index (χ0n) is 6.84. The monoisotopic (exact) mass is 198 g/mol. The van der Waals surface area contributed by atoms with Crippen molar-refractivity contribution in [2.45, 2.75) is 11.4 Å². The Morgan fingerprint density at radius 3 is 2.38 bits per heavy atom. The largest absolute Gasteiger partial charge is 0.478 e. The minimum Gasteiger partial charge on any atom is -0.478 e. The second kappa shape index (κ2) is 3.81. The van der Waals surface area contributed by atoms with Crippen LogP contribution in [-0.4, -0.2) is 21.1 Å². The van der Waals surface area contributed by atoms with Gasteiger partial charge in [-0.25, -0.2) is 4.79 Å². The van der Waals surface area contributed by atoms with E-state index in [1.807, 2.05) is 6.07 Å². The number of hydrogen-bond donors (Lipinski definition) is 3. The van der Waals surface area contributed by atoms with Crippen LogP contribution in [0.5, 0.6) is 0 Å². The number of rotatable bonds is 3. The lowest BCUT2D eigenvalue weighted by atomic mass is 10.1. The fraction of sp³-hybridized carbons (Fsp3) is 0.222. The van der Waals surface area contributed by atoms with Gasteiger partial charge in [-0.1, -0.05) is 30.3 Å². The lowest BCUT2D eigenvalue weighted by molar-refractivity contribution is -0.149. The van der Waals surface area contributed by atoms with Gasteiger partial charge in [0.25, 0.3) is 0 Å². The fourth-order valence-electron chi connectivity index (χ4n) is 0.956. The summed E-state index contributed by atoms with van der Waals surface area (Å²) in [7, 11) is 0. The molecule has 0 bridgehead atoms. The lowest BCUT2D eigenvalue weighted by Gasteiger charge is -2.16. The lowest BCUT2D eigenvalue weighted by Crippen LogP contribution is -2.34. The Morgan fingerprint density at radius 1 is 1.38 bits per heavy atom. The van der Waals surface area contributed by atoms with Crippen LogP contribution in [0.4, 0.5) is 0 Å². The molecule has 0 saturated carbocycles. The van der Waals surface area contributed by atoms with Gasteiger partial charge in [-0.2, -0.15) is 0 Å². The second-order valence-corrected chi connectivity index (χ2v) is 3.52. The third kappa shape index (κ3) is 2.75. The van der Waals surface area contributed by atoms with Crippen LogP contribution >= 0.6 is 12.6 Å². The highest BCUT2D eigenvalue weighted by atomic mass is 32.1. The van der Waals surface area contributed by atoms with Crippen molar-refractivity contribution in [3.63, 3.8) is 0 Å². The zero-order valence-corrected chi connectivity index (χ0v) is 7.74. The summed E-state index contributed by atoms with van der Waals surface area (Å²) in [6.45, 7) is 0. The number of carboxylic acid groups (broad SMARTS) is 1. The molecule has 2 N–H and O–H groups in total. The maximum atomic E-state index is 10.5. The van der Waals surface area contributed by atoms with E-state index >= 15 is 0 Å². The van der Waals surface area contributed by atoms with Gasteiger partial charge in [0.2, 0.25) is 4.93 Å². The van der Waals surface area contributed by atoms with Crippen molar-refractivity contribution in [1.29, 1.82) is 0 Å². The van der Waals surface area contributed by atoms with Gasteiger partial charge < -0.3 is 10.2 Å². The van der Waals surface area contributed by atoms with Gasteiger partial charge in [-0.15, -0.1) is 12.6 Å². The maximum absolute atomic E-state index is 10.5. The fourth-order valence-corrected chi connectivity index (χ4v) is 1.14. The van der Waals surface area contributed by atoms with Gasteiger partial charge in [-0.05, 0) is 5.56 Å². The summed E-state index contributed by atoms with van der Waals surface area (Å²) in [6.07, 6.45) is -0.00765. The van der Waals surface area contributed by atoms with Crippen molar-refractivity contribution in [3.05, 3.63) is 35.9 Å². The molecule has 70 valence electrons. The number of thiol groups is 1. The van der Waals surface area contributed by atoms with Crippen molar-refractivity contribution in [2.75, 3.05) is 0 Å². The van der Waals surface area contributed by atoms with Crippen molar-refractivity contribution >= 4 is 18.6 Å². The van der Waals surface area contributed by atoms with Crippen LogP contribution in [0.1, 0.15) is 5.56 Å². The zero-order chi connectivity index (χ0) is 9.90. The minimum absolute atomic E-state index is 0.00765. The Hall–Kier alpha value is -1.00. The van der Waals surface area contributed by atoms with Crippen molar-refractivity contribution in [1.82, 2.24) is 0 Å². The Balaban J connectivity index is 2.75. The number of aliphatic carboxylic acids is 1. The van der Waals surface area contributed by atoms with E-state index in [0.717, 1.165) is 5.56 Å².